The molecular formula is C9H9BrN4O2S. The predicted molar refractivity (Wildman–Crippen MR) is 66.0 cm³/mol. The van der Waals surface area contributed by atoms with Crippen molar-refractivity contribution in [2.45, 2.75) is 5.03 Å². The van der Waals surface area contributed by atoms with E-state index in [2.05, 4.69) is 30.6 Å². The molecule has 0 bridgehead atoms. The second-order valence-electron chi connectivity index (χ2n) is 3.33. The summed E-state index contributed by atoms with van der Waals surface area (Å²) in [6.07, 6.45) is 2.84. The number of pyridine rings is 1. The van der Waals surface area contributed by atoms with E-state index in [9.17, 15) is 8.42 Å². The van der Waals surface area contributed by atoms with Gasteiger partial charge in [0.25, 0.3) is 10.0 Å². The molecule has 1 N–H and O–H groups in total. The van der Waals surface area contributed by atoms with Gasteiger partial charge in [-0.25, -0.2) is 9.97 Å². The Morgan fingerprint density at radius 3 is 2.76 bits per heavy atom. The van der Waals surface area contributed by atoms with Gasteiger partial charge in [0.2, 0.25) is 0 Å². The number of nitrogens with zero attached hydrogens (tertiary/aromatic N) is 3. The molecule has 0 aliphatic heterocycles. The molecular weight excluding hydrogens is 308 g/mol. The fourth-order valence-corrected chi connectivity index (χ4v) is 2.51. The minimum atomic E-state index is -3.67. The van der Waals surface area contributed by atoms with Gasteiger partial charge in [0.1, 0.15) is 10.4 Å². The molecule has 2 aromatic heterocycles. The van der Waals surface area contributed by atoms with Crippen LogP contribution >= 0.6 is 15.9 Å². The lowest BCUT2D eigenvalue weighted by Crippen LogP contribution is -2.14. The number of rotatable bonds is 3. The highest BCUT2D eigenvalue weighted by atomic mass is 79.9. The summed E-state index contributed by atoms with van der Waals surface area (Å²) in [6.45, 7) is 0. The third-order valence-electron chi connectivity index (χ3n) is 1.91. The van der Waals surface area contributed by atoms with Gasteiger partial charge in [0.05, 0.1) is 6.33 Å². The van der Waals surface area contributed by atoms with Crippen molar-refractivity contribution in [2.75, 3.05) is 4.72 Å². The molecule has 0 saturated carbocycles. The van der Waals surface area contributed by atoms with E-state index in [0.717, 1.165) is 0 Å². The third-order valence-corrected chi connectivity index (χ3v) is 3.59. The normalized spacial score (nSPS) is 11.4. The van der Waals surface area contributed by atoms with Crippen LogP contribution < -0.4 is 4.72 Å². The van der Waals surface area contributed by atoms with Crippen LogP contribution in [0.25, 0.3) is 0 Å². The Bertz CT molecular complexity index is 638. The van der Waals surface area contributed by atoms with Crippen LogP contribution in [0.2, 0.25) is 0 Å². The molecule has 0 aliphatic rings. The van der Waals surface area contributed by atoms with E-state index in [0.29, 0.717) is 4.60 Å². The second-order valence-corrected chi connectivity index (χ2v) is 5.77. The molecule has 2 heterocycles. The Hall–Kier alpha value is -1.41. The van der Waals surface area contributed by atoms with Crippen LogP contribution in [-0.2, 0) is 17.1 Å². The highest BCUT2D eigenvalue weighted by molar-refractivity contribution is 9.10. The van der Waals surface area contributed by atoms with Gasteiger partial charge in [-0.05, 0) is 28.1 Å². The maximum absolute atomic E-state index is 11.9. The van der Waals surface area contributed by atoms with Crippen molar-refractivity contribution in [2.24, 2.45) is 7.05 Å². The number of hydrogen-bond acceptors (Lipinski definition) is 4. The molecule has 0 radical (unpaired) electrons. The summed E-state index contributed by atoms with van der Waals surface area (Å²) in [4.78, 5) is 7.76. The first-order valence-electron chi connectivity index (χ1n) is 4.61. The number of aryl methyl sites for hydroxylation is 1. The SMILES string of the molecule is Cn1cnc(S(=O)(=O)Nc2cccc(Br)n2)c1. The van der Waals surface area contributed by atoms with E-state index in [1.165, 1.54) is 12.5 Å². The van der Waals surface area contributed by atoms with Crippen LogP contribution in [0, 0.1) is 0 Å². The lowest BCUT2D eigenvalue weighted by Gasteiger charge is -2.04. The van der Waals surface area contributed by atoms with E-state index in [1.807, 2.05) is 0 Å². The molecule has 0 amide bonds. The van der Waals surface area contributed by atoms with Crippen LogP contribution in [0.5, 0.6) is 0 Å². The van der Waals surface area contributed by atoms with Crippen molar-refractivity contribution >= 4 is 31.8 Å². The fraction of sp³-hybridized carbons (Fsp3) is 0.111. The number of aromatic nitrogens is 3. The van der Waals surface area contributed by atoms with Gasteiger partial charge in [-0.3, -0.25) is 4.72 Å². The fourth-order valence-electron chi connectivity index (χ4n) is 1.18. The lowest BCUT2D eigenvalue weighted by atomic mass is 10.5. The van der Waals surface area contributed by atoms with Crippen molar-refractivity contribution < 1.29 is 8.42 Å². The van der Waals surface area contributed by atoms with E-state index < -0.39 is 10.0 Å². The molecule has 0 fully saturated rings. The van der Waals surface area contributed by atoms with Gasteiger partial charge >= 0.3 is 0 Å². The van der Waals surface area contributed by atoms with Gasteiger partial charge in [-0.1, -0.05) is 6.07 Å². The van der Waals surface area contributed by atoms with Gasteiger partial charge in [-0.2, -0.15) is 8.42 Å². The van der Waals surface area contributed by atoms with E-state index in [4.69, 9.17) is 0 Å². The van der Waals surface area contributed by atoms with Crippen molar-refractivity contribution in [1.82, 2.24) is 14.5 Å². The van der Waals surface area contributed by atoms with Crippen LogP contribution in [0.4, 0.5) is 5.82 Å². The van der Waals surface area contributed by atoms with Gasteiger partial charge in [-0.15, -0.1) is 0 Å². The molecule has 0 saturated heterocycles. The maximum atomic E-state index is 11.9. The first-order chi connectivity index (χ1) is 7.97. The average Bonchev–Trinajstić information content (AvgIpc) is 2.65. The number of sulfonamides is 1. The molecule has 0 aliphatic carbocycles. The minimum Gasteiger partial charge on any atom is -0.339 e. The Labute approximate surface area is 107 Å². The van der Waals surface area contributed by atoms with Crippen molar-refractivity contribution in [3.8, 4) is 0 Å². The predicted octanol–water partition coefficient (Wildman–Crippen LogP) is 1.38. The second kappa shape index (κ2) is 4.46. The van der Waals surface area contributed by atoms with Gasteiger partial charge in [0.15, 0.2) is 5.03 Å². The van der Waals surface area contributed by atoms with Crippen LogP contribution in [-0.4, -0.2) is 23.0 Å². The monoisotopic (exact) mass is 316 g/mol. The largest absolute Gasteiger partial charge is 0.339 e. The number of imidazole rings is 1. The molecule has 2 aromatic rings. The first-order valence-corrected chi connectivity index (χ1v) is 6.88. The third kappa shape index (κ3) is 2.83. The molecule has 6 nitrogen and oxygen atoms in total. The Morgan fingerprint density at radius 1 is 1.41 bits per heavy atom. The van der Waals surface area contributed by atoms with E-state index in [-0.39, 0.29) is 10.8 Å². The first kappa shape index (κ1) is 12.1. The summed E-state index contributed by atoms with van der Waals surface area (Å²) in [7, 11) is -1.98. The molecule has 0 unspecified atom stereocenters. The molecule has 0 spiro atoms. The van der Waals surface area contributed by atoms with E-state index >= 15 is 0 Å². The van der Waals surface area contributed by atoms with Crippen molar-refractivity contribution in [3.05, 3.63) is 35.3 Å². The molecule has 2 rings (SSSR count). The Kier molecular flexibility index (Phi) is 3.16. The van der Waals surface area contributed by atoms with Crippen LogP contribution in [0.1, 0.15) is 0 Å². The minimum absolute atomic E-state index is 0.0400. The summed E-state index contributed by atoms with van der Waals surface area (Å²) < 4.78 is 28.2. The molecule has 0 aromatic carbocycles. The van der Waals surface area contributed by atoms with Crippen molar-refractivity contribution in [3.63, 3.8) is 0 Å². The van der Waals surface area contributed by atoms with Gasteiger partial charge < -0.3 is 4.57 Å². The topological polar surface area (TPSA) is 76.9 Å². The molecule has 17 heavy (non-hydrogen) atoms. The van der Waals surface area contributed by atoms with Crippen molar-refractivity contribution in [1.29, 1.82) is 0 Å². The zero-order chi connectivity index (χ0) is 12.5. The van der Waals surface area contributed by atoms with Crippen LogP contribution in [0.3, 0.4) is 0 Å². The summed E-state index contributed by atoms with van der Waals surface area (Å²) in [5, 5.41) is -0.0400. The highest BCUT2D eigenvalue weighted by Crippen LogP contribution is 2.14. The number of halogens is 1. The van der Waals surface area contributed by atoms with Crippen LogP contribution in [0.15, 0.2) is 40.4 Å². The zero-order valence-electron chi connectivity index (χ0n) is 8.83. The lowest BCUT2D eigenvalue weighted by molar-refractivity contribution is 0.598. The number of hydrogen-bond donors (Lipinski definition) is 1. The maximum Gasteiger partial charge on any atom is 0.282 e. The average molecular weight is 317 g/mol. The molecule has 0 atom stereocenters. The summed E-state index contributed by atoms with van der Waals surface area (Å²) in [6, 6.07) is 4.96. The van der Waals surface area contributed by atoms with Gasteiger partial charge in [0, 0.05) is 13.2 Å². The Balaban J connectivity index is 2.29. The summed E-state index contributed by atoms with van der Waals surface area (Å²) in [5.41, 5.74) is 0. The quantitative estimate of drug-likeness (QED) is 0.868. The number of nitrogens with one attached hydrogen (secondary N) is 1. The highest BCUT2D eigenvalue weighted by Gasteiger charge is 2.17. The molecule has 8 heteroatoms. The smallest absolute Gasteiger partial charge is 0.282 e. The summed E-state index contributed by atoms with van der Waals surface area (Å²) >= 11 is 3.16. The zero-order valence-corrected chi connectivity index (χ0v) is 11.2. The Morgan fingerprint density at radius 2 is 2.18 bits per heavy atom. The summed E-state index contributed by atoms with van der Waals surface area (Å²) in [5.74, 6) is 0.241. The van der Waals surface area contributed by atoms with E-state index in [1.54, 1.807) is 29.8 Å². The molecule has 90 valence electrons. The number of anilines is 1. The standard InChI is InChI=1S/C9H9BrN4O2S/c1-14-5-9(11-6-14)17(15,16)13-8-4-2-3-7(10)12-8/h2-6H,1H3,(H,12,13).